The summed E-state index contributed by atoms with van der Waals surface area (Å²) in [5, 5.41) is 0. The lowest BCUT2D eigenvalue weighted by Crippen LogP contribution is -2.33. The maximum atomic E-state index is 12.7. The molecule has 0 N–H and O–H groups in total. The Morgan fingerprint density at radius 2 is 1.56 bits per heavy atom. The fourth-order valence-electron chi connectivity index (χ4n) is 2.39. The van der Waals surface area contributed by atoms with Gasteiger partial charge in [0, 0.05) is 0 Å². The number of carbonyl (C=O) groups excluding carboxylic acids is 3. The number of amides is 2. The van der Waals surface area contributed by atoms with Crippen LogP contribution in [-0.4, -0.2) is 29.4 Å². The standard InChI is InChI=1S/C17H10F3NO4/c18-17(19,20)11-5-3-4-10(8-11)16(24)25-9-21-14(22)12-6-1-2-7-13(12)15(21)23/h1-8H,9H2. The van der Waals surface area contributed by atoms with Gasteiger partial charge in [-0.05, 0) is 30.3 Å². The second kappa shape index (κ2) is 6.04. The lowest BCUT2D eigenvalue weighted by molar-refractivity contribution is -0.137. The Kier molecular flexibility index (Phi) is 4.03. The van der Waals surface area contributed by atoms with Crippen LogP contribution in [0.4, 0.5) is 13.2 Å². The van der Waals surface area contributed by atoms with Crippen LogP contribution in [0, 0.1) is 0 Å². The van der Waals surface area contributed by atoms with E-state index in [0.29, 0.717) is 6.07 Å². The number of imide groups is 1. The molecule has 0 saturated heterocycles. The monoisotopic (exact) mass is 349 g/mol. The Morgan fingerprint density at radius 3 is 2.12 bits per heavy atom. The number of hydrogen-bond acceptors (Lipinski definition) is 4. The number of rotatable bonds is 3. The van der Waals surface area contributed by atoms with Gasteiger partial charge < -0.3 is 4.74 Å². The van der Waals surface area contributed by atoms with E-state index >= 15 is 0 Å². The molecule has 3 rings (SSSR count). The fraction of sp³-hybridized carbons (Fsp3) is 0.118. The minimum Gasteiger partial charge on any atom is -0.440 e. The lowest BCUT2D eigenvalue weighted by atomic mass is 10.1. The minimum absolute atomic E-state index is 0.183. The van der Waals surface area contributed by atoms with Crippen LogP contribution in [0.3, 0.4) is 0 Å². The Labute approximate surface area is 139 Å². The van der Waals surface area contributed by atoms with E-state index in [-0.39, 0.29) is 16.7 Å². The first-order valence-electron chi connectivity index (χ1n) is 7.08. The maximum Gasteiger partial charge on any atom is 0.416 e. The third-order valence-electron chi connectivity index (χ3n) is 3.63. The van der Waals surface area contributed by atoms with Gasteiger partial charge in [-0.25, -0.2) is 9.69 Å². The van der Waals surface area contributed by atoms with E-state index in [1.165, 1.54) is 12.1 Å². The zero-order chi connectivity index (χ0) is 18.2. The van der Waals surface area contributed by atoms with E-state index < -0.39 is 36.3 Å². The molecule has 5 nitrogen and oxygen atoms in total. The topological polar surface area (TPSA) is 63.7 Å². The molecule has 0 fully saturated rings. The van der Waals surface area contributed by atoms with Crippen molar-refractivity contribution < 1.29 is 32.3 Å². The highest BCUT2D eigenvalue weighted by Crippen LogP contribution is 2.29. The summed E-state index contributed by atoms with van der Waals surface area (Å²) in [5.74, 6) is -2.32. The Bertz CT molecular complexity index is 841. The summed E-state index contributed by atoms with van der Waals surface area (Å²) in [6.07, 6.45) is -4.60. The molecule has 2 amide bonds. The van der Waals surface area contributed by atoms with Crippen LogP contribution in [0.2, 0.25) is 0 Å². The second-order valence-corrected chi connectivity index (χ2v) is 5.22. The van der Waals surface area contributed by atoms with Crippen molar-refractivity contribution in [3.63, 3.8) is 0 Å². The lowest BCUT2D eigenvalue weighted by Gasteiger charge is -2.14. The van der Waals surface area contributed by atoms with Crippen LogP contribution in [-0.2, 0) is 10.9 Å². The van der Waals surface area contributed by atoms with Crippen LogP contribution in [0.15, 0.2) is 48.5 Å². The minimum atomic E-state index is -4.60. The molecule has 25 heavy (non-hydrogen) atoms. The summed E-state index contributed by atoms with van der Waals surface area (Å²) in [7, 11) is 0. The Balaban J connectivity index is 1.72. The molecule has 0 spiro atoms. The first kappa shape index (κ1) is 16.7. The average molecular weight is 349 g/mol. The van der Waals surface area contributed by atoms with Crippen molar-refractivity contribution in [2.45, 2.75) is 6.18 Å². The molecule has 0 atom stereocenters. The fourth-order valence-corrected chi connectivity index (χ4v) is 2.39. The average Bonchev–Trinajstić information content (AvgIpc) is 2.83. The highest BCUT2D eigenvalue weighted by atomic mass is 19.4. The molecular weight excluding hydrogens is 339 g/mol. The van der Waals surface area contributed by atoms with Crippen LogP contribution < -0.4 is 0 Å². The van der Waals surface area contributed by atoms with Crippen molar-refractivity contribution in [2.75, 3.05) is 6.73 Å². The molecule has 0 bridgehead atoms. The van der Waals surface area contributed by atoms with Crippen molar-refractivity contribution in [1.29, 1.82) is 0 Å². The molecular formula is C17H10F3NO4. The van der Waals surface area contributed by atoms with Crippen LogP contribution in [0.25, 0.3) is 0 Å². The van der Waals surface area contributed by atoms with Gasteiger partial charge in [0.15, 0.2) is 6.73 Å². The number of hydrogen-bond donors (Lipinski definition) is 0. The van der Waals surface area contributed by atoms with Gasteiger partial charge in [-0.1, -0.05) is 18.2 Å². The molecule has 0 saturated carbocycles. The summed E-state index contributed by atoms with van der Waals surface area (Å²) >= 11 is 0. The number of esters is 1. The number of fused-ring (bicyclic) bond motifs is 1. The van der Waals surface area contributed by atoms with Crippen LogP contribution in [0.5, 0.6) is 0 Å². The van der Waals surface area contributed by atoms with Gasteiger partial charge in [0.2, 0.25) is 0 Å². The molecule has 2 aromatic rings. The normalized spacial score (nSPS) is 13.8. The molecule has 2 aromatic carbocycles. The summed E-state index contributed by atoms with van der Waals surface area (Å²) < 4.78 is 42.8. The number of ether oxygens (including phenoxy) is 1. The van der Waals surface area contributed by atoms with E-state index in [1.54, 1.807) is 12.1 Å². The zero-order valence-corrected chi connectivity index (χ0v) is 12.5. The quantitative estimate of drug-likeness (QED) is 0.631. The molecule has 8 heteroatoms. The van der Waals surface area contributed by atoms with Crippen molar-refractivity contribution in [3.05, 3.63) is 70.8 Å². The van der Waals surface area contributed by atoms with Gasteiger partial charge in [0.25, 0.3) is 11.8 Å². The summed E-state index contributed by atoms with van der Waals surface area (Å²) in [4.78, 5) is 36.9. The highest BCUT2D eigenvalue weighted by molar-refractivity contribution is 6.21. The first-order valence-corrected chi connectivity index (χ1v) is 7.08. The van der Waals surface area contributed by atoms with Gasteiger partial charge in [-0.3, -0.25) is 9.59 Å². The Hall–Kier alpha value is -3.16. The van der Waals surface area contributed by atoms with Gasteiger partial charge in [-0.2, -0.15) is 13.2 Å². The third kappa shape index (κ3) is 3.10. The smallest absolute Gasteiger partial charge is 0.416 e. The van der Waals surface area contributed by atoms with Crippen LogP contribution >= 0.6 is 0 Å². The van der Waals surface area contributed by atoms with E-state index in [9.17, 15) is 27.6 Å². The third-order valence-corrected chi connectivity index (χ3v) is 3.63. The van der Waals surface area contributed by atoms with Crippen molar-refractivity contribution in [1.82, 2.24) is 4.90 Å². The van der Waals surface area contributed by atoms with E-state index in [2.05, 4.69) is 0 Å². The van der Waals surface area contributed by atoms with Crippen molar-refractivity contribution in [2.24, 2.45) is 0 Å². The predicted octanol–water partition coefficient (Wildman–Crippen LogP) is 3.12. The molecule has 1 aliphatic rings. The number of nitrogens with zero attached hydrogens (tertiary/aromatic N) is 1. The van der Waals surface area contributed by atoms with Gasteiger partial charge in [-0.15, -0.1) is 0 Å². The summed E-state index contributed by atoms with van der Waals surface area (Å²) in [5.41, 5.74) is -0.959. The number of alkyl halides is 3. The van der Waals surface area contributed by atoms with Gasteiger partial charge in [0.05, 0.1) is 22.3 Å². The number of benzene rings is 2. The van der Waals surface area contributed by atoms with Gasteiger partial charge in [0.1, 0.15) is 0 Å². The Morgan fingerprint density at radius 1 is 0.960 bits per heavy atom. The molecule has 0 aliphatic carbocycles. The molecule has 128 valence electrons. The first-order chi connectivity index (χ1) is 11.8. The van der Waals surface area contributed by atoms with Crippen LogP contribution in [0.1, 0.15) is 36.6 Å². The molecule has 1 aliphatic heterocycles. The van der Waals surface area contributed by atoms with Gasteiger partial charge >= 0.3 is 12.1 Å². The number of halogens is 3. The SMILES string of the molecule is O=C(OCN1C(=O)c2ccccc2C1=O)c1cccc(C(F)(F)F)c1. The molecule has 0 radical (unpaired) electrons. The van der Waals surface area contributed by atoms with E-state index in [0.717, 1.165) is 23.1 Å². The predicted molar refractivity (Wildman–Crippen MR) is 78.7 cm³/mol. The maximum absolute atomic E-state index is 12.7. The highest BCUT2D eigenvalue weighted by Gasteiger charge is 2.36. The molecule has 0 aromatic heterocycles. The molecule has 0 unspecified atom stereocenters. The van der Waals surface area contributed by atoms with Crippen molar-refractivity contribution in [3.8, 4) is 0 Å². The zero-order valence-electron chi connectivity index (χ0n) is 12.5. The molecule has 1 heterocycles. The van der Waals surface area contributed by atoms with E-state index in [4.69, 9.17) is 4.74 Å². The van der Waals surface area contributed by atoms with Crippen molar-refractivity contribution >= 4 is 17.8 Å². The second-order valence-electron chi connectivity index (χ2n) is 5.22. The summed E-state index contributed by atoms with van der Waals surface area (Å²) in [6.45, 7) is -0.679. The van der Waals surface area contributed by atoms with E-state index in [1.807, 2.05) is 0 Å². The largest absolute Gasteiger partial charge is 0.440 e. The number of carbonyl (C=O) groups is 3. The summed E-state index contributed by atoms with van der Waals surface area (Å²) in [6, 6.07) is 9.78.